The van der Waals surface area contributed by atoms with Crippen molar-refractivity contribution in [3.05, 3.63) is 0 Å². The molecule has 0 bridgehead atoms. The van der Waals surface area contributed by atoms with Crippen LogP contribution in [-0.4, -0.2) is 62.1 Å². The first kappa shape index (κ1) is 10.9. The molecule has 1 rings (SSSR count). The summed E-state index contributed by atoms with van der Waals surface area (Å²) in [6.45, 7) is 0.0364. The Hall–Kier alpha value is -0.200. The van der Waals surface area contributed by atoms with Gasteiger partial charge in [0, 0.05) is 14.2 Å². The third-order valence-corrected chi connectivity index (χ3v) is 2.27. The first-order valence-corrected chi connectivity index (χ1v) is 4.20. The standard InChI is InChI=1S/C8H16O5/c1-11-7-5(10)4-13-6(3-9)8(7)12-2/h5-10H,3-4H2,1-2H3/t5-,6+,7-,8+/m1/s1. The average molecular weight is 192 g/mol. The lowest BCUT2D eigenvalue weighted by molar-refractivity contribution is -0.211. The summed E-state index contributed by atoms with van der Waals surface area (Å²) >= 11 is 0. The number of hydrogen-bond donors (Lipinski definition) is 2. The summed E-state index contributed by atoms with van der Waals surface area (Å²) < 4.78 is 15.3. The molecule has 0 amide bonds. The van der Waals surface area contributed by atoms with Gasteiger partial charge in [-0.15, -0.1) is 0 Å². The van der Waals surface area contributed by atoms with E-state index in [-0.39, 0.29) is 13.2 Å². The van der Waals surface area contributed by atoms with Gasteiger partial charge in [-0.1, -0.05) is 0 Å². The van der Waals surface area contributed by atoms with Crippen molar-refractivity contribution in [3.8, 4) is 0 Å². The van der Waals surface area contributed by atoms with Crippen LogP contribution in [0.1, 0.15) is 0 Å². The maximum absolute atomic E-state index is 9.47. The second-order valence-electron chi connectivity index (χ2n) is 3.02. The minimum Gasteiger partial charge on any atom is -0.394 e. The quantitative estimate of drug-likeness (QED) is 0.586. The Labute approximate surface area is 77.2 Å². The van der Waals surface area contributed by atoms with Crippen molar-refractivity contribution in [3.63, 3.8) is 0 Å². The molecular weight excluding hydrogens is 176 g/mol. The summed E-state index contributed by atoms with van der Waals surface area (Å²) in [6.07, 6.45) is -1.97. The van der Waals surface area contributed by atoms with E-state index in [1.54, 1.807) is 0 Å². The molecule has 0 radical (unpaired) electrons. The topological polar surface area (TPSA) is 68.2 Å². The van der Waals surface area contributed by atoms with Gasteiger partial charge in [-0.3, -0.25) is 0 Å². The summed E-state index contributed by atoms with van der Waals surface area (Å²) in [5, 5.41) is 18.4. The van der Waals surface area contributed by atoms with E-state index in [0.717, 1.165) is 0 Å². The molecule has 0 spiro atoms. The van der Waals surface area contributed by atoms with Crippen molar-refractivity contribution < 1.29 is 24.4 Å². The maximum Gasteiger partial charge on any atom is 0.114 e. The smallest absolute Gasteiger partial charge is 0.114 e. The summed E-state index contributed by atoms with van der Waals surface area (Å²) in [5.41, 5.74) is 0. The van der Waals surface area contributed by atoms with Crippen LogP contribution in [0.15, 0.2) is 0 Å². The lowest BCUT2D eigenvalue weighted by Gasteiger charge is -2.38. The van der Waals surface area contributed by atoms with Gasteiger partial charge in [0.05, 0.1) is 13.2 Å². The molecular formula is C8H16O5. The Bertz CT molecular complexity index is 151. The second kappa shape index (κ2) is 4.88. The average Bonchev–Trinajstić information content (AvgIpc) is 2.17. The molecule has 78 valence electrons. The number of methoxy groups -OCH3 is 2. The van der Waals surface area contributed by atoms with E-state index in [4.69, 9.17) is 19.3 Å². The maximum atomic E-state index is 9.47. The third-order valence-electron chi connectivity index (χ3n) is 2.27. The number of aliphatic hydroxyl groups excluding tert-OH is 2. The van der Waals surface area contributed by atoms with Crippen LogP contribution < -0.4 is 0 Å². The molecule has 13 heavy (non-hydrogen) atoms. The van der Waals surface area contributed by atoms with Crippen LogP contribution in [0.2, 0.25) is 0 Å². The normalized spacial score (nSPS) is 40.6. The molecule has 1 heterocycles. The highest BCUT2D eigenvalue weighted by molar-refractivity contribution is 4.88. The molecule has 1 aliphatic heterocycles. The molecule has 1 fully saturated rings. The van der Waals surface area contributed by atoms with Gasteiger partial charge in [0.2, 0.25) is 0 Å². The fraction of sp³-hybridized carbons (Fsp3) is 1.00. The second-order valence-corrected chi connectivity index (χ2v) is 3.02. The van der Waals surface area contributed by atoms with Crippen LogP contribution >= 0.6 is 0 Å². The number of aliphatic hydroxyl groups is 2. The molecule has 0 unspecified atom stereocenters. The predicted octanol–water partition coefficient (Wildman–Crippen LogP) is -1.23. The molecule has 5 heteroatoms. The third kappa shape index (κ3) is 2.18. The summed E-state index contributed by atoms with van der Waals surface area (Å²) in [4.78, 5) is 0. The van der Waals surface area contributed by atoms with Crippen molar-refractivity contribution in [1.29, 1.82) is 0 Å². The van der Waals surface area contributed by atoms with Gasteiger partial charge in [0.25, 0.3) is 0 Å². The van der Waals surface area contributed by atoms with Crippen molar-refractivity contribution in [1.82, 2.24) is 0 Å². The van der Waals surface area contributed by atoms with E-state index in [2.05, 4.69) is 0 Å². The van der Waals surface area contributed by atoms with E-state index in [0.29, 0.717) is 0 Å². The molecule has 2 N–H and O–H groups in total. The van der Waals surface area contributed by atoms with Crippen molar-refractivity contribution in [2.75, 3.05) is 27.4 Å². The Morgan fingerprint density at radius 2 is 1.92 bits per heavy atom. The molecule has 1 saturated heterocycles. The molecule has 0 aromatic heterocycles. The van der Waals surface area contributed by atoms with E-state index in [1.807, 2.05) is 0 Å². The molecule has 0 aliphatic carbocycles. The van der Waals surface area contributed by atoms with Crippen LogP contribution in [0.5, 0.6) is 0 Å². The van der Waals surface area contributed by atoms with Crippen molar-refractivity contribution in [2.24, 2.45) is 0 Å². The largest absolute Gasteiger partial charge is 0.394 e. The fourth-order valence-corrected chi connectivity index (χ4v) is 1.58. The van der Waals surface area contributed by atoms with Gasteiger partial charge < -0.3 is 24.4 Å². The summed E-state index contributed by atoms with van der Waals surface area (Å²) in [5.74, 6) is 0. The number of rotatable bonds is 3. The molecule has 0 aromatic carbocycles. The van der Waals surface area contributed by atoms with Crippen LogP contribution in [0, 0.1) is 0 Å². The fourth-order valence-electron chi connectivity index (χ4n) is 1.58. The van der Waals surface area contributed by atoms with Gasteiger partial charge in [0.15, 0.2) is 0 Å². The lowest BCUT2D eigenvalue weighted by Crippen LogP contribution is -2.55. The number of ether oxygens (including phenoxy) is 3. The molecule has 4 atom stereocenters. The van der Waals surface area contributed by atoms with Crippen LogP contribution in [0.3, 0.4) is 0 Å². The van der Waals surface area contributed by atoms with Crippen molar-refractivity contribution in [2.45, 2.75) is 24.4 Å². The van der Waals surface area contributed by atoms with Gasteiger partial charge in [-0.25, -0.2) is 0 Å². The first-order valence-electron chi connectivity index (χ1n) is 4.20. The molecule has 5 nitrogen and oxygen atoms in total. The Kier molecular flexibility index (Phi) is 4.08. The molecule has 1 aliphatic rings. The lowest BCUT2D eigenvalue weighted by atomic mass is 10.0. The minimum atomic E-state index is -0.697. The zero-order valence-corrected chi connectivity index (χ0v) is 7.84. The van der Waals surface area contributed by atoms with Gasteiger partial charge >= 0.3 is 0 Å². The zero-order chi connectivity index (χ0) is 9.84. The van der Waals surface area contributed by atoms with Crippen molar-refractivity contribution >= 4 is 0 Å². The Morgan fingerprint density at radius 1 is 1.31 bits per heavy atom. The zero-order valence-electron chi connectivity index (χ0n) is 7.84. The van der Waals surface area contributed by atoms with E-state index < -0.39 is 24.4 Å². The van der Waals surface area contributed by atoms with Gasteiger partial charge in [-0.05, 0) is 0 Å². The summed E-state index contributed by atoms with van der Waals surface area (Å²) in [7, 11) is 3.00. The minimum absolute atomic E-state index is 0.134. The van der Waals surface area contributed by atoms with Crippen LogP contribution in [-0.2, 0) is 14.2 Å². The molecule has 0 aromatic rings. The van der Waals surface area contributed by atoms with E-state index in [1.165, 1.54) is 14.2 Å². The Balaban J connectivity index is 2.64. The summed E-state index contributed by atoms with van der Waals surface area (Å²) in [6, 6.07) is 0. The van der Waals surface area contributed by atoms with Gasteiger partial charge in [-0.2, -0.15) is 0 Å². The highest BCUT2D eigenvalue weighted by Crippen LogP contribution is 2.19. The Morgan fingerprint density at radius 3 is 2.38 bits per heavy atom. The monoisotopic (exact) mass is 192 g/mol. The van der Waals surface area contributed by atoms with Gasteiger partial charge in [0.1, 0.15) is 24.4 Å². The predicted molar refractivity (Wildman–Crippen MR) is 44.4 cm³/mol. The highest BCUT2D eigenvalue weighted by atomic mass is 16.6. The van der Waals surface area contributed by atoms with E-state index >= 15 is 0 Å². The number of hydrogen-bond acceptors (Lipinski definition) is 5. The first-order chi connectivity index (χ1) is 6.24. The SMILES string of the molecule is CO[C@@H]1[C@H](OC)[C@H](O)CO[C@H]1CO. The molecule has 0 saturated carbocycles. The van der Waals surface area contributed by atoms with Crippen LogP contribution in [0.4, 0.5) is 0 Å². The van der Waals surface area contributed by atoms with E-state index in [9.17, 15) is 5.11 Å². The van der Waals surface area contributed by atoms with Crippen LogP contribution in [0.25, 0.3) is 0 Å². The highest BCUT2D eigenvalue weighted by Gasteiger charge is 2.39.